The second kappa shape index (κ2) is 2.98. The molecule has 78 valence electrons. The Hall–Kier alpha value is -1.03. The molecular weight excluding hydrogens is 178 g/mol. The Bertz CT molecular complexity index is 338. The van der Waals surface area contributed by atoms with Gasteiger partial charge < -0.3 is 10.5 Å². The van der Waals surface area contributed by atoms with Gasteiger partial charge in [0.05, 0.1) is 18.8 Å². The van der Waals surface area contributed by atoms with E-state index in [1.165, 1.54) is 0 Å². The molecule has 0 radical (unpaired) electrons. The lowest BCUT2D eigenvalue weighted by atomic mass is 9.89. The molecule has 0 amide bonds. The number of hydrogen-bond acceptors (Lipinski definition) is 3. The summed E-state index contributed by atoms with van der Waals surface area (Å²) >= 11 is 0. The molecule has 1 aromatic rings. The summed E-state index contributed by atoms with van der Waals surface area (Å²) in [5.74, 6) is 0.888. The standard InChI is InChI=1S/C10H17N3O/c1-10(2,3)8-4-12-13-5-7(11)6-14-9(8)13/h4,7H,5-6,11H2,1-3H3. The lowest BCUT2D eigenvalue weighted by Gasteiger charge is -2.25. The topological polar surface area (TPSA) is 53.1 Å². The fraction of sp³-hybridized carbons (Fsp3) is 0.700. The fourth-order valence-corrected chi connectivity index (χ4v) is 1.63. The first kappa shape index (κ1) is 9.52. The second-order valence-electron chi connectivity index (χ2n) is 4.87. The number of nitrogens with two attached hydrogens (primary N) is 1. The van der Waals surface area contributed by atoms with Crippen molar-refractivity contribution in [2.45, 2.75) is 38.8 Å². The Morgan fingerprint density at radius 3 is 2.93 bits per heavy atom. The monoisotopic (exact) mass is 195 g/mol. The molecule has 1 aliphatic heterocycles. The first-order valence-electron chi connectivity index (χ1n) is 4.93. The Morgan fingerprint density at radius 1 is 1.57 bits per heavy atom. The molecule has 14 heavy (non-hydrogen) atoms. The van der Waals surface area contributed by atoms with Crippen LogP contribution in [0.15, 0.2) is 6.20 Å². The van der Waals surface area contributed by atoms with Crippen LogP contribution in [0, 0.1) is 0 Å². The van der Waals surface area contributed by atoms with Crippen LogP contribution >= 0.6 is 0 Å². The van der Waals surface area contributed by atoms with Gasteiger partial charge in [-0.25, -0.2) is 4.68 Å². The summed E-state index contributed by atoms with van der Waals surface area (Å²) in [6.07, 6.45) is 1.88. The highest BCUT2D eigenvalue weighted by molar-refractivity contribution is 5.32. The molecule has 1 aromatic heterocycles. The number of hydrogen-bond donors (Lipinski definition) is 1. The Kier molecular flexibility index (Phi) is 2.03. The molecule has 2 N–H and O–H groups in total. The minimum absolute atomic E-state index is 0.0650. The van der Waals surface area contributed by atoms with Crippen LogP contribution in [0.25, 0.3) is 0 Å². The van der Waals surface area contributed by atoms with E-state index in [0.29, 0.717) is 6.61 Å². The van der Waals surface area contributed by atoms with Crippen LogP contribution in [0.4, 0.5) is 0 Å². The van der Waals surface area contributed by atoms with Crippen molar-refractivity contribution in [2.75, 3.05) is 6.61 Å². The summed E-state index contributed by atoms with van der Waals surface area (Å²) in [6, 6.07) is 0.0650. The van der Waals surface area contributed by atoms with Crippen LogP contribution in [0.2, 0.25) is 0 Å². The summed E-state index contributed by atoms with van der Waals surface area (Å²) in [6.45, 7) is 7.81. The van der Waals surface area contributed by atoms with Crippen molar-refractivity contribution in [3.63, 3.8) is 0 Å². The normalized spacial score (nSPS) is 21.6. The molecule has 0 aliphatic carbocycles. The Morgan fingerprint density at radius 2 is 2.29 bits per heavy atom. The van der Waals surface area contributed by atoms with Gasteiger partial charge in [-0.05, 0) is 5.41 Å². The molecule has 2 rings (SSSR count). The first-order valence-corrected chi connectivity index (χ1v) is 4.93. The van der Waals surface area contributed by atoms with Crippen molar-refractivity contribution in [1.29, 1.82) is 0 Å². The third kappa shape index (κ3) is 1.50. The highest BCUT2D eigenvalue weighted by Gasteiger charge is 2.27. The largest absolute Gasteiger partial charge is 0.476 e. The van der Waals surface area contributed by atoms with Crippen molar-refractivity contribution in [2.24, 2.45) is 5.73 Å². The molecule has 2 heterocycles. The minimum Gasteiger partial charge on any atom is -0.476 e. The van der Waals surface area contributed by atoms with E-state index in [9.17, 15) is 0 Å². The lowest BCUT2D eigenvalue weighted by molar-refractivity contribution is 0.201. The average molecular weight is 195 g/mol. The van der Waals surface area contributed by atoms with Gasteiger partial charge in [0.2, 0.25) is 5.88 Å². The second-order valence-corrected chi connectivity index (χ2v) is 4.87. The van der Waals surface area contributed by atoms with E-state index < -0.39 is 0 Å². The van der Waals surface area contributed by atoms with Crippen molar-refractivity contribution < 1.29 is 4.74 Å². The van der Waals surface area contributed by atoms with E-state index in [-0.39, 0.29) is 11.5 Å². The van der Waals surface area contributed by atoms with Gasteiger partial charge >= 0.3 is 0 Å². The van der Waals surface area contributed by atoms with Crippen molar-refractivity contribution in [1.82, 2.24) is 9.78 Å². The summed E-state index contributed by atoms with van der Waals surface area (Å²) in [5, 5.41) is 4.29. The average Bonchev–Trinajstić information content (AvgIpc) is 2.45. The first-order chi connectivity index (χ1) is 6.48. The maximum atomic E-state index is 5.78. The summed E-state index contributed by atoms with van der Waals surface area (Å²) < 4.78 is 7.46. The fourth-order valence-electron chi connectivity index (χ4n) is 1.63. The number of ether oxygens (including phenoxy) is 1. The van der Waals surface area contributed by atoms with Crippen LogP contribution in [-0.4, -0.2) is 22.4 Å². The maximum Gasteiger partial charge on any atom is 0.215 e. The zero-order valence-electron chi connectivity index (χ0n) is 8.95. The summed E-state index contributed by atoms with van der Waals surface area (Å²) in [4.78, 5) is 0. The quantitative estimate of drug-likeness (QED) is 0.669. The van der Waals surface area contributed by atoms with Crippen molar-refractivity contribution in [3.05, 3.63) is 11.8 Å². The molecule has 0 bridgehead atoms. The van der Waals surface area contributed by atoms with Crippen LogP contribution in [-0.2, 0) is 12.0 Å². The number of nitrogens with zero attached hydrogens (tertiary/aromatic N) is 2. The van der Waals surface area contributed by atoms with E-state index in [2.05, 4.69) is 25.9 Å². The van der Waals surface area contributed by atoms with E-state index in [4.69, 9.17) is 10.5 Å². The third-order valence-electron chi connectivity index (χ3n) is 2.44. The third-order valence-corrected chi connectivity index (χ3v) is 2.44. The minimum atomic E-state index is 0.0650. The van der Waals surface area contributed by atoms with Crippen molar-refractivity contribution >= 4 is 0 Å². The molecule has 4 nitrogen and oxygen atoms in total. The lowest BCUT2D eigenvalue weighted by Crippen LogP contribution is -2.37. The van der Waals surface area contributed by atoms with E-state index in [1.807, 2.05) is 10.9 Å². The predicted molar refractivity (Wildman–Crippen MR) is 54.4 cm³/mol. The van der Waals surface area contributed by atoms with Gasteiger partial charge in [-0.1, -0.05) is 20.8 Å². The van der Waals surface area contributed by atoms with Crippen LogP contribution in [0.1, 0.15) is 26.3 Å². The molecule has 1 atom stereocenters. The van der Waals surface area contributed by atoms with Gasteiger partial charge in [0.25, 0.3) is 0 Å². The van der Waals surface area contributed by atoms with E-state index >= 15 is 0 Å². The summed E-state index contributed by atoms with van der Waals surface area (Å²) in [7, 11) is 0. The number of rotatable bonds is 0. The number of fused-ring (bicyclic) bond motifs is 1. The SMILES string of the molecule is CC(C)(C)c1cnn2c1OCC(N)C2. The molecule has 0 fully saturated rings. The molecule has 1 unspecified atom stereocenters. The van der Waals surface area contributed by atoms with Gasteiger partial charge in [-0.15, -0.1) is 0 Å². The van der Waals surface area contributed by atoms with Crippen molar-refractivity contribution in [3.8, 4) is 5.88 Å². The predicted octanol–water partition coefficient (Wildman–Crippen LogP) is 0.900. The van der Waals surface area contributed by atoms with Crippen LogP contribution < -0.4 is 10.5 Å². The van der Waals surface area contributed by atoms with Gasteiger partial charge in [-0.2, -0.15) is 5.10 Å². The summed E-state index contributed by atoms with van der Waals surface area (Å²) in [5.41, 5.74) is 7.02. The molecular formula is C10H17N3O. The maximum absolute atomic E-state index is 5.78. The highest BCUT2D eigenvalue weighted by Crippen LogP contribution is 2.32. The molecule has 0 spiro atoms. The Labute approximate surface area is 84.0 Å². The highest BCUT2D eigenvalue weighted by atomic mass is 16.5. The molecule has 4 heteroatoms. The van der Waals surface area contributed by atoms with Gasteiger partial charge in [0, 0.05) is 5.56 Å². The van der Waals surface area contributed by atoms with Gasteiger partial charge in [0.1, 0.15) is 6.61 Å². The molecule has 0 aromatic carbocycles. The number of aromatic nitrogens is 2. The molecule has 1 aliphatic rings. The van der Waals surface area contributed by atoms with Crippen LogP contribution in [0.5, 0.6) is 5.88 Å². The van der Waals surface area contributed by atoms with Gasteiger partial charge in [-0.3, -0.25) is 0 Å². The smallest absolute Gasteiger partial charge is 0.215 e. The van der Waals surface area contributed by atoms with E-state index in [1.54, 1.807) is 0 Å². The Balaban J connectivity index is 2.38. The van der Waals surface area contributed by atoms with Gasteiger partial charge in [0.15, 0.2) is 0 Å². The van der Waals surface area contributed by atoms with Crippen LogP contribution in [0.3, 0.4) is 0 Å². The van der Waals surface area contributed by atoms with E-state index in [0.717, 1.165) is 18.0 Å². The zero-order valence-corrected chi connectivity index (χ0v) is 8.95. The molecule has 0 saturated carbocycles. The molecule has 0 saturated heterocycles. The zero-order chi connectivity index (χ0) is 10.3.